The predicted octanol–water partition coefficient (Wildman–Crippen LogP) is 2.88. The molecular weight excluding hydrogens is 311 g/mol. The number of alkyl carbamates (subject to hydrolysis) is 2. The Balaban J connectivity index is 4.39. The molecule has 0 radical (unpaired) electrons. The van der Waals surface area contributed by atoms with Crippen molar-refractivity contribution < 1.29 is 28.2 Å². The molecule has 0 aromatic carbocycles. The minimum Gasteiger partial charge on any atom is -0.444 e. The minimum atomic E-state index is -3.26. The van der Waals surface area contributed by atoms with Crippen molar-refractivity contribution in [2.24, 2.45) is 0 Å². The van der Waals surface area contributed by atoms with Gasteiger partial charge in [0.1, 0.15) is 11.2 Å². The zero-order valence-corrected chi connectivity index (χ0v) is 15.2. The van der Waals surface area contributed by atoms with E-state index in [1.807, 2.05) is 0 Å². The average Bonchev–Trinajstić information content (AvgIpc) is 2.30. The van der Waals surface area contributed by atoms with Gasteiger partial charge in [0, 0.05) is 7.11 Å². The van der Waals surface area contributed by atoms with E-state index in [1.54, 1.807) is 41.5 Å². The lowest BCUT2D eigenvalue weighted by Crippen LogP contribution is -2.36. The normalized spacial score (nSPS) is 12.5. The van der Waals surface area contributed by atoms with Crippen molar-refractivity contribution in [2.75, 3.05) is 19.7 Å². The molecule has 22 heavy (non-hydrogen) atoms. The lowest BCUT2D eigenvalue weighted by Gasteiger charge is -2.23. The lowest BCUT2D eigenvalue weighted by molar-refractivity contribution is 0.0530. The Morgan fingerprint density at radius 3 is 1.41 bits per heavy atom. The van der Waals surface area contributed by atoms with Gasteiger partial charge in [-0.3, -0.25) is 4.57 Å². The summed E-state index contributed by atoms with van der Waals surface area (Å²) in [5.41, 5.74) is -1.31. The second-order valence-electron chi connectivity index (χ2n) is 6.67. The molecule has 0 aliphatic heterocycles. The van der Waals surface area contributed by atoms with Crippen molar-refractivity contribution in [1.29, 1.82) is 0 Å². The number of hydrogen-bond acceptors (Lipinski definition) is 6. The summed E-state index contributed by atoms with van der Waals surface area (Å²) in [5, 5.41) is 4.72. The molecule has 8 nitrogen and oxygen atoms in total. The van der Waals surface area contributed by atoms with E-state index in [0.717, 1.165) is 0 Å². The van der Waals surface area contributed by atoms with Gasteiger partial charge in [-0.05, 0) is 41.5 Å². The fourth-order valence-electron chi connectivity index (χ4n) is 1.18. The molecule has 0 saturated carbocycles. The first kappa shape index (κ1) is 20.7. The number of rotatable bonds is 5. The van der Waals surface area contributed by atoms with Gasteiger partial charge in [0.05, 0.1) is 12.6 Å². The summed E-state index contributed by atoms with van der Waals surface area (Å²) in [6.45, 7) is 10.3. The molecule has 0 atom stereocenters. The number of carbonyl (C=O) groups is 2. The smallest absolute Gasteiger partial charge is 0.408 e. The number of hydrogen-bond donors (Lipinski definition) is 2. The minimum absolute atomic E-state index is 0.256. The fourth-order valence-corrected chi connectivity index (χ4v) is 2.29. The Labute approximate surface area is 131 Å². The Morgan fingerprint density at radius 1 is 0.864 bits per heavy atom. The maximum atomic E-state index is 12.4. The lowest BCUT2D eigenvalue weighted by atomic mass is 10.2. The molecule has 0 heterocycles. The first-order valence-electron chi connectivity index (χ1n) is 6.84. The van der Waals surface area contributed by atoms with E-state index >= 15 is 0 Å². The van der Waals surface area contributed by atoms with Crippen molar-refractivity contribution in [3.05, 3.63) is 0 Å². The molecular formula is C13H27N2O6P. The Morgan fingerprint density at radius 2 is 1.18 bits per heavy atom. The van der Waals surface area contributed by atoms with Gasteiger partial charge in [0.2, 0.25) is 7.37 Å². The molecule has 0 fully saturated rings. The van der Waals surface area contributed by atoms with Crippen molar-refractivity contribution in [1.82, 2.24) is 10.6 Å². The Hall–Kier alpha value is -1.27. The molecule has 2 N–H and O–H groups in total. The zero-order valence-electron chi connectivity index (χ0n) is 14.3. The topological polar surface area (TPSA) is 103 Å². The highest BCUT2D eigenvalue weighted by Crippen LogP contribution is 2.43. The largest absolute Gasteiger partial charge is 0.444 e. The number of amides is 2. The van der Waals surface area contributed by atoms with Crippen molar-refractivity contribution >= 4 is 19.6 Å². The van der Waals surface area contributed by atoms with Gasteiger partial charge in [-0.25, -0.2) is 9.59 Å². The molecule has 0 unspecified atom stereocenters. The van der Waals surface area contributed by atoms with E-state index in [1.165, 1.54) is 7.11 Å². The highest BCUT2D eigenvalue weighted by Gasteiger charge is 2.26. The van der Waals surface area contributed by atoms with Gasteiger partial charge in [0.25, 0.3) is 0 Å². The van der Waals surface area contributed by atoms with Gasteiger partial charge in [-0.1, -0.05) is 0 Å². The third-order valence-electron chi connectivity index (χ3n) is 2.06. The second kappa shape index (κ2) is 7.83. The van der Waals surface area contributed by atoms with Crippen LogP contribution in [0.2, 0.25) is 0 Å². The van der Waals surface area contributed by atoms with E-state index < -0.39 is 30.8 Å². The maximum Gasteiger partial charge on any atom is 0.408 e. The van der Waals surface area contributed by atoms with Gasteiger partial charge >= 0.3 is 12.2 Å². The van der Waals surface area contributed by atoms with Gasteiger partial charge in [0.15, 0.2) is 0 Å². The molecule has 0 aromatic heterocycles. The molecule has 0 bridgehead atoms. The molecule has 0 saturated heterocycles. The van der Waals surface area contributed by atoms with E-state index in [9.17, 15) is 14.2 Å². The van der Waals surface area contributed by atoms with E-state index in [-0.39, 0.29) is 12.6 Å². The third kappa shape index (κ3) is 10.5. The van der Waals surface area contributed by atoms with Crippen LogP contribution >= 0.6 is 7.37 Å². The zero-order chi connectivity index (χ0) is 17.6. The van der Waals surface area contributed by atoms with Crippen LogP contribution in [0, 0.1) is 0 Å². The van der Waals surface area contributed by atoms with Gasteiger partial charge in [-0.15, -0.1) is 0 Å². The van der Waals surface area contributed by atoms with Crippen LogP contribution in [0.4, 0.5) is 9.59 Å². The summed E-state index contributed by atoms with van der Waals surface area (Å²) >= 11 is 0. The average molecular weight is 338 g/mol. The van der Waals surface area contributed by atoms with Crippen LogP contribution in [-0.4, -0.2) is 43.1 Å². The number of carbonyl (C=O) groups excluding carboxylic acids is 2. The van der Waals surface area contributed by atoms with Crippen LogP contribution in [-0.2, 0) is 18.6 Å². The standard InChI is InChI=1S/C13H27N2O6P/c1-12(2,3)20-10(16)14-8-22(18,19-7)9-15-11(17)21-13(4,5)6/h8-9H2,1-7H3,(H,14,16)(H,15,17). The van der Waals surface area contributed by atoms with Crippen LogP contribution in [0.3, 0.4) is 0 Å². The van der Waals surface area contributed by atoms with E-state index in [2.05, 4.69) is 10.6 Å². The van der Waals surface area contributed by atoms with E-state index in [0.29, 0.717) is 0 Å². The molecule has 2 amide bonds. The van der Waals surface area contributed by atoms with Crippen LogP contribution in [0.15, 0.2) is 0 Å². The van der Waals surface area contributed by atoms with Gasteiger partial charge < -0.3 is 24.6 Å². The molecule has 130 valence electrons. The highest BCUT2D eigenvalue weighted by molar-refractivity contribution is 7.58. The van der Waals surface area contributed by atoms with Crippen LogP contribution in [0.5, 0.6) is 0 Å². The van der Waals surface area contributed by atoms with Crippen LogP contribution in [0.1, 0.15) is 41.5 Å². The first-order valence-corrected chi connectivity index (χ1v) is 8.83. The summed E-state index contributed by atoms with van der Waals surface area (Å²) in [6.07, 6.45) is -1.92. The SMILES string of the molecule is COP(=O)(CNC(=O)OC(C)(C)C)CNC(=O)OC(C)(C)C. The molecule has 0 rings (SSSR count). The van der Waals surface area contributed by atoms with Crippen molar-refractivity contribution in [2.45, 2.75) is 52.7 Å². The number of nitrogens with one attached hydrogen (secondary N) is 2. The molecule has 9 heteroatoms. The quantitative estimate of drug-likeness (QED) is 0.747. The maximum absolute atomic E-state index is 12.4. The monoisotopic (exact) mass is 338 g/mol. The van der Waals surface area contributed by atoms with Crippen LogP contribution < -0.4 is 10.6 Å². The highest BCUT2D eigenvalue weighted by atomic mass is 31.2. The van der Waals surface area contributed by atoms with E-state index in [4.69, 9.17) is 14.0 Å². The van der Waals surface area contributed by atoms with Gasteiger partial charge in [-0.2, -0.15) is 0 Å². The third-order valence-corrected chi connectivity index (χ3v) is 4.00. The van der Waals surface area contributed by atoms with Crippen molar-refractivity contribution in [3.8, 4) is 0 Å². The predicted molar refractivity (Wildman–Crippen MR) is 83.1 cm³/mol. The summed E-state index contributed by atoms with van der Waals surface area (Å²) < 4.78 is 27.3. The molecule has 0 aliphatic rings. The summed E-state index contributed by atoms with van der Waals surface area (Å²) in [4.78, 5) is 23.1. The second-order valence-corrected chi connectivity index (χ2v) is 9.30. The van der Waals surface area contributed by atoms with Crippen molar-refractivity contribution in [3.63, 3.8) is 0 Å². The Bertz CT molecular complexity index is 403. The summed E-state index contributed by atoms with van der Waals surface area (Å²) in [6, 6.07) is 0. The van der Waals surface area contributed by atoms with Crippen LogP contribution in [0.25, 0.3) is 0 Å². The summed E-state index contributed by atoms with van der Waals surface area (Å²) in [7, 11) is -2.02. The fraction of sp³-hybridized carbons (Fsp3) is 0.846. The molecule has 0 aromatic rings. The molecule has 0 spiro atoms. The molecule has 0 aliphatic carbocycles. The summed E-state index contributed by atoms with van der Waals surface area (Å²) in [5.74, 6) is 0. The first-order chi connectivity index (χ1) is 9.76. The Kier molecular flexibility index (Phi) is 7.38. The number of ether oxygens (including phenoxy) is 2.